The van der Waals surface area contributed by atoms with Crippen LogP contribution in [0.4, 0.5) is 13.2 Å². The first-order valence-corrected chi connectivity index (χ1v) is 5.55. The number of aromatic nitrogens is 1. The molecule has 0 unspecified atom stereocenters. The fourth-order valence-electron chi connectivity index (χ4n) is 1.42. The molecule has 2 rings (SSSR count). The Morgan fingerprint density at radius 1 is 1.00 bits per heavy atom. The van der Waals surface area contributed by atoms with Gasteiger partial charge in [-0.2, -0.15) is 13.2 Å². The smallest absolute Gasteiger partial charge is 0.249 e. The molecule has 0 N–H and O–H groups in total. The lowest BCUT2D eigenvalue weighted by molar-refractivity contribution is -0.137. The number of benzene rings is 1. The van der Waals surface area contributed by atoms with Crippen LogP contribution in [0.25, 0.3) is 11.1 Å². The van der Waals surface area contributed by atoms with Crippen LogP contribution in [0.5, 0.6) is 0 Å². The van der Waals surface area contributed by atoms with Crippen molar-refractivity contribution in [3.05, 3.63) is 52.8 Å². The third kappa shape index (κ3) is 2.85. The van der Waals surface area contributed by atoms with Crippen molar-refractivity contribution < 1.29 is 13.2 Å². The minimum absolute atomic E-state index is 0.500. The highest BCUT2D eigenvalue weighted by molar-refractivity contribution is 9.10. The number of hydrogen-bond donors (Lipinski definition) is 0. The number of alkyl halides is 3. The van der Waals surface area contributed by atoms with E-state index >= 15 is 0 Å². The molecule has 1 heterocycles. The van der Waals surface area contributed by atoms with Crippen molar-refractivity contribution in [1.82, 2.24) is 4.98 Å². The Kier molecular flexibility index (Phi) is 3.19. The summed E-state index contributed by atoms with van der Waals surface area (Å²) in [7, 11) is 0. The highest BCUT2D eigenvalue weighted by atomic mass is 79.9. The number of rotatable bonds is 1. The van der Waals surface area contributed by atoms with E-state index in [1.807, 2.05) is 0 Å². The lowest BCUT2D eigenvalue weighted by Gasteiger charge is -2.08. The highest BCUT2D eigenvalue weighted by Crippen LogP contribution is 2.32. The standard InChI is InChI=1S/C12H7BrF3N/c13-11-5-4-9(7-17-11)8-2-1-3-10(6-8)12(14,15)16/h1-7H. The average molecular weight is 302 g/mol. The van der Waals surface area contributed by atoms with Crippen molar-refractivity contribution in [3.63, 3.8) is 0 Å². The monoisotopic (exact) mass is 301 g/mol. The van der Waals surface area contributed by atoms with Crippen LogP contribution >= 0.6 is 15.9 Å². The van der Waals surface area contributed by atoms with E-state index < -0.39 is 11.7 Å². The molecule has 5 heteroatoms. The number of hydrogen-bond acceptors (Lipinski definition) is 1. The molecule has 0 spiro atoms. The van der Waals surface area contributed by atoms with Gasteiger partial charge in [-0.3, -0.25) is 0 Å². The quantitative estimate of drug-likeness (QED) is 0.705. The first-order valence-electron chi connectivity index (χ1n) is 4.76. The molecule has 17 heavy (non-hydrogen) atoms. The Bertz CT molecular complexity index is 520. The summed E-state index contributed by atoms with van der Waals surface area (Å²) in [6.45, 7) is 0. The molecule has 0 bridgehead atoms. The van der Waals surface area contributed by atoms with Gasteiger partial charge in [0.05, 0.1) is 5.56 Å². The Morgan fingerprint density at radius 3 is 2.35 bits per heavy atom. The Balaban J connectivity index is 2.43. The van der Waals surface area contributed by atoms with Gasteiger partial charge in [-0.15, -0.1) is 0 Å². The summed E-state index contributed by atoms with van der Waals surface area (Å²) in [5, 5.41) is 0. The second-order valence-electron chi connectivity index (χ2n) is 3.45. The molecule has 0 aliphatic heterocycles. The molecule has 0 atom stereocenters. The van der Waals surface area contributed by atoms with Crippen LogP contribution in [0, 0.1) is 0 Å². The van der Waals surface area contributed by atoms with E-state index in [2.05, 4.69) is 20.9 Å². The van der Waals surface area contributed by atoms with Gasteiger partial charge in [-0.05, 0) is 39.7 Å². The third-order valence-electron chi connectivity index (χ3n) is 2.25. The molecule has 0 fully saturated rings. The molecule has 2 aromatic rings. The second-order valence-corrected chi connectivity index (χ2v) is 4.26. The first-order chi connectivity index (χ1) is 7.97. The first kappa shape index (κ1) is 12.1. The maximum atomic E-state index is 12.5. The van der Waals surface area contributed by atoms with E-state index in [4.69, 9.17) is 0 Å². The van der Waals surface area contributed by atoms with E-state index in [-0.39, 0.29) is 0 Å². The van der Waals surface area contributed by atoms with Crippen LogP contribution in [0.2, 0.25) is 0 Å². The normalized spacial score (nSPS) is 11.5. The summed E-state index contributed by atoms with van der Waals surface area (Å²) in [5.41, 5.74) is 0.497. The van der Waals surface area contributed by atoms with Crippen LogP contribution in [-0.2, 0) is 6.18 Å². The summed E-state index contributed by atoms with van der Waals surface area (Å²) >= 11 is 3.17. The van der Waals surface area contributed by atoms with Gasteiger partial charge >= 0.3 is 6.18 Å². The van der Waals surface area contributed by atoms with E-state index in [1.165, 1.54) is 12.3 Å². The van der Waals surface area contributed by atoms with Gasteiger partial charge in [0.1, 0.15) is 4.60 Å². The molecule has 0 aliphatic carbocycles. The predicted octanol–water partition coefficient (Wildman–Crippen LogP) is 4.53. The van der Waals surface area contributed by atoms with Crippen molar-refractivity contribution in [2.45, 2.75) is 6.18 Å². The Morgan fingerprint density at radius 2 is 1.76 bits per heavy atom. The maximum absolute atomic E-state index is 12.5. The van der Waals surface area contributed by atoms with Crippen LogP contribution in [0.3, 0.4) is 0 Å². The highest BCUT2D eigenvalue weighted by Gasteiger charge is 2.30. The number of pyridine rings is 1. The van der Waals surface area contributed by atoms with Crippen molar-refractivity contribution >= 4 is 15.9 Å². The van der Waals surface area contributed by atoms with Gasteiger partial charge < -0.3 is 0 Å². The molecule has 0 amide bonds. The molecule has 1 nitrogen and oxygen atoms in total. The summed E-state index contributed by atoms with van der Waals surface area (Å²) in [4.78, 5) is 3.98. The van der Waals surface area contributed by atoms with E-state index in [9.17, 15) is 13.2 Å². The van der Waals surface area contributed by atoms with Crippen LogP contribution in [0.15, 0.2) is 47.2 Å². The van der Waals surface area contributed by atoms with Gasteiger partial charge in [0.15, 0.2) is 0 Å². The summed E-state index contributed by atoms with van der Waals surface area (Å²) in [5.74, 6) is 0. The Hall–Kier alpha value is -1.36. The van der Waals surface area contributed by atoms with Crippen LogP contribution < -0.4 is 0 Å². The van der Waals surface area contributed by atoms with Gasteiger partial charge in [0.2, 0.25) is 0 Å². The molecule has 0 saturated carbocycles. The van der Waals surface area contributed by atoms with Gasteiger partial charge in [-0.1, -0.05) is 18.2 Å². The minimum Gasteiger partial charge on any atom is -0.249 e. The van der Waals surface area contributed by atoms with E-state index in [1.54, 1.807) is 18.2 Å². The van der Waals surface area contributed by atoms with Crippen molar-refractivity contribution in [2.75, 3.05) is 0 Å². The summed E-state index contributed by atoms with van der Waals surface area (Å²) < 4.78 is 38.2. The molecule has 0 radical (unpaired) electrons. The van der Waals surface area contributed by atoms with Gasteiger partial charge in [0, 0.05) is 11.8 Å². The van der Waals surface area contributed by atoms with E-state index in [0.717, 1.165) is 12.1 Å². The third-order valence-corrected chi connectivity index (χ3v) is 2.72. The minimum atomic E-state index is -4.32. The van der Waals surface area contributed by atoms with Crippen molar-refractivity contribution in [3.8, 4) is 11.1 Å². The maximum Gasteiger partial charge on any atom is 0.416 e. The fourth-order valence-corrected chi connectivity index (χ4v) is 1.66. The van der Waals surface area contributed by atoms with Crippen LogP contribution in [-0.4, -0.2) is 4.98 Å². The van der Waals surface area contributed by atoms with Crippen molar-refractivity contribution in [2.24, 2.45) is 0 Å². The fraction of sp³-hybridized carbons (Fsp3) is 0.0833. The molecule has 1 aromatic heterocycles. The second kappa shape index (κ2) is 4.49. The number of halogens is 4. The molecular weight excluding hydrogens is 295 g/mol. The zero-order valence-electron chi connectivity index (χ0n) is 8.50. The summed E-state index contributed by atoms with van der Waals surface area (Å²) in [6.07, 6.45) is -2.79. The molecule has 1 aromatic carbocycles. The topological polar surface area (TPSA) is 12.9 Å². The largest absolute Gasteiger partial charge is 0.416 e. The van der Waals surface area contributed by atoms with Crippen molar-refractivity contribution in [1.29, 1.82) is 0 Å². The molecule has 88 valence electrons. The van der Waals surface area contributed by atoms with Gasteiger partial charge in [0.25, 0.3) is 0 Å². The Labute approximate surface area is 104 Å². The lowest BCUT2D eigenvalue weighted by Crippen LogP contribution is -2.04. The predicted molar refractivity (Wildman–Crippen MR) is 62.4 cm³/mol. The lowest BCUT2D eigenvalue weighted by atomic mass is 10.0. The average Bonchev–Trinajstić information content (AvgIpc) is 2.29. The number of nitrogens with zero attached hydrogens (tertiary/aromatic N) is 1. The molecule has 0 saturated heterocycles. The SMILES string of the molecule is FC(F)(F)c1cccc(-c2ccc(Br)nc2)c1. The zero-order valence-corrected chi connectivity index (χ0v) is 10.1. The summed E-state index contributed by atoms with van der Waals surface area (Å²) in [6, 6.07) is 8.59. The van der Waals surface area contributed by atoms with E-state index in [0.29, 0.717) is 15.7 Å². The van der Waals surface area contributed by atoms with Gasteiger partial charge in [-0.25, -0.2) is 4.98 Å². The van der Waals surface area contributed by atoms with Crippen LogP contribution in [0.1, 0.15) is 5.56 Å². The molecular formula is C12H7BrF3N. The molecule has 0 aliphatic rings. The zero-order chi connectivity index (χ0) is 12.5.